The molecule has 0 aromatic heterocycles. The van der Waals surface area contributed by atoms with Crippen molar-refractivity contribution in [3.05, 3.63) is 94.0 Å². The molecule has 4 aromatic carbocycles. The van der Waals surface area contributed by atoms with E-state index in [1.165, 1.54) is 34.6 Å². The first kappa shape index (κ1) is 91.8. The summed E-state index contributed by atoms with van der Waals surface area (Å²) in [6, 6.07) is 15.0. The van der Waals surface area contributed by atoms with Crippen LogP contribution in [0, 0.1) is 49.4 Å². The molecule has 4 aromatic rings. The Morgan fingerprint density at radius 1 is 0.312 bits per heavy atom. The van der Waals surface area contributed by atoms with E-state index in [9.17, 15) is 43.2 Å². The molecule has 24 nitrogen and oxygen atoms in total. The third-order valence-electron chi connectivity index (χ3n) is 17.9. The third kappa shape index (κ3) is 37.7. The molecule has 0 aliphatic heterocycles. The number of ether oxygens (including phenoxy) is 8. The summed E-state index contributed by atoms with van der Waals surface area (Å²) in [5.41, 5.74) is 2.29. The second kappa shape index (κ2) is 53.9. The van der Waals surface area contributed by atoms with Crippen LogP contribution in [0.1, 0.15) is 248 Å². The van der Waals surface area contributed by atoms with E-state index in [0.717, 1.165) is 51.4 Å². The molecule has 0 spiro atoms. The molecule has 5 rings (SSSR count). The average Bonchev–Trinajstić information content (AvgIpc) is 0.825. The monoisotopic (exact) mass is 1540 g/mol. The lowest BCUT2D eigenvalue weighted by Gasteiger charge is -2.36. The summed E-state index contributed by atoms with van der Waals surface area (Å²) in [5, 5.41) is 21.0. The molecule has 112 heavy (non-hydrogen) atoms. The van der Waals surface area contributed by atoms with Gasteiger partial charge in [-0.05, 0) is 197 Å². The van der Waals surface area contributed by atoms with Crippen LogP contribution in [0.4, 0.5) is 0 Å². The van der Waals surface area contributed by atoms with Gasteiger partial charge in [-0.15, -0.1) is 49.4 Å². The van der Waals surface area contributed by atoms with Gasteiger partial charge in [0.25, 0.3) is 23.6 Å². The van der Waals surface area contributed by atoms with Crippen molar-refractivity contribution in [2.75, 3.05) is 79.0 Å². The number of unbranched alkanes of at least 4 members (excludes halogenated alkanes) is 10. The fourth-order valence-electron chi connectivity index (χ4n) is 12.3. The first-order chi connectivity index (χ1) is 54.2. The number of terminal acetylenes is 4. The quantitative estimate of drug-likeness (QED) is 0.0160. The molecular weight excluding hydrogens is 1430 g/mol. The number of carbonyl (C=O) groups excluding carboxylic acids is 9. The van der Waals surface area contributed by atoms with E-state index in [-0.39, 0.29) is 98.2 Å². The molecule has 3 atom stereocenters. The number of Topliss-reactive ketones (excluding diaryl/α,β-unsaturated/α-hetero) is 2. The zero-order valence-electron chi connectivity index (χ0n) is 66.3. The molecule has 606 valence electrons. The van der Waals surface area contributed by atoms with E-state index in [4.69, 9.17) is 63.6 Å². The van der Waals surface area contributed by atoms with Crippen molar-refractivity contribution in [2.45, 2.75) is 226 Å². The Kier molecular flexibility index (Phi) is 44.2. The van der Waals surface area contributed by atoms with Crippen LogP contribution in [-0.2, 0) is 36.8 Å². The average molecular weight is 1540 g/mol. The minimum absolute atomic E-state index is 0.0436. The molecule has 1 unspecified atom stereocenters. The van der Waals surface area contributed by atoms with Gasteiger partial charge in [-0.3, -0.25) is 33.6 Å². The van der Waals surface area contributed by atoms with Gasteiger partial charge in [0.15, 0.2) is 0 Å². The summed E-state index contributed by atoms with van der Waals surface area (Å²) in [5.74, 6) is 11.5. The van der Waals surface area contributed by atoms with Gasteiger partial charge in [0.2, 0.25) is 17.7 Å². The zero-order chi connectivity index (χ0) is 81.1. The Hall–Kier alpha value is -10.9. The van der Waals surface area contributed by atoms with Crippen molar-refractivity contribution in [3.8, 4) is 95.4 Å². The van der Waals surface area contributed by atoms with E-state index in [0.29, 0.717) is 223 Å². The highest BCUT2D eigenvalue weighted by Gasteiger charge is 2.33. The molecule has 1 fully saturated rings. The summed E-state index contributed by atoms with van der Waals surface area (Å²) in [7, 11) is 0. The number of ketones is 2. The predicted octanol–water partition coefficient (Wildman–Crippen LogP) is 11.8. The van der Waals surface area contributed by atoms with Crippen LogP contribution in [-0.4, -0.2) is 150 Å². The van der Waals surface area contributed by atoms with Gasteiger partial charge in [0.1, 0.15) is 57.6 Å². The lowest BCUT2D eigenvalue weighted by atomic mass is 9.86. The summed E-state index contributed by atoms with van der Waals surface area (Å²) in [6.45, 7) is 10.6. The van der Waals surface area contributed by atoms with Crippen LogP contribution in [0.15, 0.2) is 60.7 Å². The smallest absolute Gasteiger partial charge is 0.251 e. The molecule has 0 saturated heterocycles. The van der Waals surface area contributed by atoms with Gasteiger partial charge in [0.05, 0.1) is 52.9 Å². The highest BCUT2D eigenvalue weighted by molar-refractivity contribution is 5.97. The summed E-state index contributed by atoms with van der Waals surface area (Å²) < 4.78 is 50.2. The van der Waals surface area contributed by atoms with Crippen molar-refractivity contribution >= 4 is 52.9 Å². The minimum Gasteiger partial charge on any atom is -0.493 e. The molecule has 0 heterocycles. The maximum absolute atomic E-state index is 14.9. The normalized spacial score (nSPS) is 13.3. The van der Waals surface area contributed by atoms with Crippen LogP contribution in [0.25, 0.3) is 0 Å². The Morgan fingerprint density at radius 3 is 0.884 bits per heavy atom. The first-order valence-corrected chi connectivity index (χ1v) is 39.5. The number of hydrogen-bond donors (Lipinski definition) is 7. The van der Waals surface area contributed by atoms with E-state index in [2.05, 4.69) is 60.9 Å². The lowest BCUT2D eigenvalue weighted by Crippen LogP contribution is -2.53. The highest BCUT2D eigenvalue weighted by atomic mass is 16.5. The standard InChI is InChI=1S/C88H117N7O17/c1-10-14-18-24-42-105-75-50-68(51-76(61-75)106-43-25-19-15-11-2)85(101)91-38-30-36-79-81(109-46-28-22-34-63(5)96)54-70(55-82(79)110-47-29-23-35-64(6)97)87(103)94-73-58-72(93-67(9)100)59-74(60-73)95-88(104)71-56-83(111-48-32-40-89-65(7)98)80(84(57-71)112-49-33-41-90-66(8)99)37-31-39-92-86(102)69-52-77(107-44-26-20-16-12-3)62-78(53-69)108-45-27-21-17-13-4/h1-4,50-57,61-62,72-74H,14-49,58-60H2,5-9H3,(H,89,98)(H,90,99)(H,91,101)(H,92,102)(H,93,100)(H,94,103)(H,95,104)/t72-,73?,74-/m1/s1. The molecule has 0 bridgehead atoms. The lowest BCUT2D eigenvalue weighted by molar-refractivity contribution is -0.120. The molecule has 0 radical (unpaired) electrons. The maximum Gasteiger partial charge on any atom is 0.251 e. The van der Waals surface area contributed by atoms with E-state index in [1.54, 1.807) is 60.7 Å². The van der Waals surface area contributed by atoms with Crippen LogP contribution in [0.2, 0.25) is 0 Å². The highest BCUT2D eigenvalue weighted by Crippen LogP contribution is 2.36. The molecule has 24 heteroatoms. The van der Waals surface area contributed by atoms with Gasteiger partial charge >= 0.3 is 0 Å². The van der Waals surface area contributed by atoms with Gasteiger partial charge in [0, 0.05) is 149 Å². The van der Waals surface area contributed by atoms with Gasteiger partial charge in [-0.1, -0.05) is 0 Å². The van der Waals surface area contributed by atoms with E-state index in [1.807, 2.05) is 0 Å². The summed E-state index contributed by atoms with van der Waals surface area (Å²) in [6.07, 6.45) is 36.5. The number of rotatable bonds is 57. The summed E-state index contributed by atoms with van der Waals surface area (Å²) >= 11 is 0. The number of nitrogens with one attached hydrogen (secondary N) is 7. The van der Waals surface area contributed by atoms with Crippen molar-refractivity contribution in [2.24, 2.45) is 0 Å². The van der Waals surface area contributed by atoms with Crippen molar-refractivity contribution in [3.63, 3.8) is 0 Å². The molecule has 1 saturated carbocycles. The SMILES string of the molecule is C#CCCCCOc1cc(OCCCCC#C)cc(C(=O)NCCCc2c(OCCCCC(C)=O)cc(C(=O)NC3C[C@@H](NC(C)=O)C[C@@H](NC(=O)c4cc(OCCCNC(C)=O)c(CCCNC(=O)c5cc(OCCCCC#C)cc(OCCCCC#C)c5)c(OCCCNC(C)=O)c4)C3)cc2OCCCCC(C)=O)c1. The fraction of sp³-hybridized carbons (Fsp3) is 0.534. The molecular formula is C88H117N7O17. The van der Waals surface area contributed by atoms with Crippen LogP contribution >= 0.6 is 0 Å². The van der Waals surface area contributed by atoms with Crippen LogP contribution in [0.3, 0.4) is 0 Å². The van der Waals surface area contributed by atoms with Gasteiger partial charge in [-0.25, -0.2) is 0 Å². The van der Waals surface area contributed by atoms with E-state index >= 15 is 0 Å². The Labute approximate surface area is 662 Å². The Balaban J connectivity index is 1.43. The van der Waals surface area contributed by atoms with Crippen molar-refractivity contribution in [1.29, 1.82) is 0 Å². The Morgan fingerprint density at radius 2 is 0.589 bits per heavy atom. The first-order valence-electron chi connectivity index (χ1n) is 39.5. The predicted molar refractivity (Wildman–Crippen MR) is 431 cm³/mol. The number of amides is 7. The number of carbonyl (C=O) groups is 9. The molecule has 7 N–H and O–H groups in total. The summed E-state index contributed by atoms with van der Waals surface area (Å²) in [4.78, 5) is 118. The number of benzene rings is 4. The molecule has 1 aliphatic rings. The number of hydrogen-bond acceptors (Lipinski definition) is 17. The second-order valence-corrected chi connectivity index (χ2v) is 27.9. The van der Waals surface area contributed by atoms with Crippen LogP contribution in [0.5, 0.6) is 46.0 Å². The topological polar surface area (TPSA) is 312 Å². The van der Waals surface area contributed by atoms with Crippen LogP contribution < -0.4 is 75.1 Å². The third-order valence-corrected chi connectivity index (χ3v) is 17.9. The largest absolute Gasteiger partial charge is 0.493 e. The second-order valence-electron chi connectivity index (χ2n) is 27.9. The minimum atomic E-state index is -0.606. The Bertz CT molecular complexity index is 3450. The molecule has 1 aliphatic carbocycles. The zero-order valence-corrected chi connectivity index (χ0v) is 66.3. The fourth-order valence-corrected chi connectivity index (χ4v) is 12.3. The maximum atomic E-state index is 14.9. The van der Waals surface area contributed by atoms with Gasteiger partial charge in [-0.2, -0.15) is 0 Å². The van der Waals surface area contributed by atoms with Crippen molar-refractivity contribution in [1.82, 2.24) is 37.2 Å². The molecule has 7 amide bonds. The van der Waals surface area contributed by atoms with Crippen molar-refractivity contribution < 1.29 is 81.0 Å². The van der Waals surface area contributed by atoms with Gasteiger partial charge < -0.3 is 84.7 Å². The van der Waals surface area contributed by atoms with E-state index < -0.39 is 29.9 Å².